The number of carbonyl (C=O) groups is 1. The van der Waals surface area contributed by atoms with Gasteiger partial charge in [-0.2, -0.15) is 4.31 Å². The number of piperidine rings is 1. The molecule has 0 aliphatic carbocycles. The SMILES string of the molecule is Cc1nc(C)c(S(=O)(=O)N2CCC(c3c[nH]c4c(CC(N)=O)cc(-c5ccccc5)cc34)CC2)s1. The highest BCUT2D eigenvalue weighted by Crippen LogP contribution is 2.38. The number of aromatic nitrogens is 2. The van der Waals surface area contributed by atoms with E-state index in [2.05, 4.69) is 16.0 Å². The van der Waals surface area contributed by atoms with E-state index in [0.717, 1.165) is 51.0 Å². The fourth-order valence-electron chi connectivity index (χ4n) is 5.07. The quantitative estimate of drug-likeness (QED) is 0.399. The minimum Gasteiger partial charge on any atom is -0.369 e. The first-order valence-corrected chi connectivity index (χ1v) is 13.9. The Morgan fingerprint density at radius 1 is 1.14 bits per heavy atom. The van der Waals surface area contributed by atoms with E-state index in [1.807, 2.05) is 49.5 Å². The van der Waals surface area contributed by atoms with Crippen LogP contribution in [0.25, 0.3) is 22.0 Å². The van der Waals surface area contributed by atoms with Gasteiger partial charge in [0.15, 0.2) is 4.21 Å². The largest absolute Gasteiger partial charge is 0.369 e. The summed E-state index contributed by atoms with van der Waals surface area (Å²) in [6.45, 7) is 4.50. The van der Waals surface area contributed by atoms with E-state index in [1.54, 1.807) is 11.2 Å². The molecule has 3 N–H and O–H groups in total. The lowest BCUT2D eigenvalue weighted by Crippen LogP contribution is -2.37. The maximum atomic E-state index is 13.2. The molecule has 0 saturated carbocycles. The second-order valence-corrected chi connectivity index (χ2v) is 12.4. The molecule has 0 unspecified atom stereocenters. The fraction of sp³-hybridized carbons (Fsp3) is 0.308. The van der Waals surface area contributed by atoms with Crippen LogP contribution in [0.2, 0.25) is 0 Å². The summed E-state index contributed by atoms with van der Waals surface area (Å²) in [7, 11) is -3.54. The number of H-pyrrole nitrogens is 1. The molecule has 1 aliphatic rings. The molecule has 0 spiro atoms. The zero-order valence-corrected chi connectivity index (χ0v) is 21.4. The molecular weight excluding hydrogens is 480 g/mol. The molecule has 5 rings (SSSR count). The van der Waals surface area contributed by atoms with E-state index < -0.39 is 10.0 Å². The van der Waals surface area contributed by atoms with Crippen molar-refractivity contribution < 1.29 is 13.2 Å². The molecule has 1 saturated heterocycles. The Balaban J connectivity index is 1.46. The highest BCUT2D eigenvalue weighted by molar-refractivity contribution is 7.91. The lowest BCUT2D eigenvalue weighted by molar-refractivity contribution is -0.117. The van der Waals surface area contributed by atoms with Gasteiger partial charge < -0.3 is 10.7 Å². The number of nitrogens with two attached hydrogens (primary N) is 1. The lowest BCUT2D eigenvalue weighted by Gasteiger charge is -2.31. The molecule has 1 amide bonds. The molecule has 1 aliphatic heterocycles. The average molecular weight is 509 g/mol. The lowest BCUT2D eigenvalue weighted by atomic mass is 9.88. The number of thiazole rings is 1. The Bertz CT molecular complexity index is 1500. The Morgan fingerprint density at radius 3 is 2.49 bits per heavy atom. The number of aromatic amines is 1. The number of nitrogens with zero attached hydrogens (tertiary/aromatic N) is 2. The molecule has 1 fully saturated rings. The van der Waals surface area contributed by atoms with Gasteiger partial charge in [0.2, 0.25) is 5.91 Å². The highest BCUT2D eigenvalue weighted by Gasteiger charge is 2.33. The number of carbonyl (C=O) groups excluding carboxylic acids is 1. The van der Waals surface area contributed by atoms with Crippen molar-refractivity contribution in [3.05, 3.63) is 70.5 Å². The first-order chi connectivity index (χ1) is 16.7. The van der Waals surface area contributed by atoms with Gasteiger partial charge in [0.25, 0.3) is 10.0 Å². The number of aryl methyl sites for hydroxylation is 2. The monoisotopic (exact) mass is 508 g/mol. The number of amides is 1. The van der Waals surface area contributed by atoms with Gasteiger partial charge in [-0.3, -0.25) is 4.79 Å². The molecule has 0 bridgehead atoms. The maximum absolute atomic E-state index is 13.2. The Labute approximate surface area is 209 Å². The van der Waals surface area contributed by atoms with Crippen molar-refractivity contribution in [3.63, 3.8) is 0 Å². The van der Waals surface area contributed by atoms with E-state index >= 15 is 0 Å². The first-order valence-electron chi connectivity index (χ1n) is 11.7. The minimum atomic E-state index is -3.54. The van der Waals surface area contributed by atoms with E-state index in [0.29, 0.717) is 23.0 Å². The summed E-state index contributed by atoms with van der Waals surface area (Å²) in [5.41, 5.74) is 11.2. The Hall–Kier alpha value is -3.01. The van der Waals surface area contributed by atoms with Crippen molar-refractivity contribution in [2.45, 2.75) is 43.2 Å². The number of primary amides is 1. The summed E-state index contributed by atoms with van der Waals surface area (Å²) in [5.74, 6) is -0.160. The van der Waals surface area contributed by atoms with Crippen LogP contribution in [0, 0.1) is 13.8 Å². The van der Waals surface area contributed by atoms with Gasteiger partial charge in [0.1, 0.15) is 0 Å². The van der Waals surface area contributed by atoms with Crippen LogP contribution in [0.15, 0.2) is 52.9 Å². The van der Waals surface area contributed by atoms with Crippen LogP contribution < -0.4 is 5.73 Å². The molecule has 2 aromatic carbocycles. The zero-order chi connectivity index (χ0) is 24.7. The summed E-state index contributed by atoms with van der Waals surface area (Å²) in [6, 6.07) is 14.2. The molecule has 35 heavy (non-hydrogen) atoms. The second kappa shape index (κ2) is 9.22. The van der Waals surface area contributed by atoms with Crippen LogP contribution in [0.3, 0.4) is 0 Å². The van der Waals surface area contributed by atoms with E-state index in [-0.39, 0.29) is 18.2 Å². The number of hydrogen-bond donors (Lipinski definition) is 2. The van der Waals surface area contributed by atoms with Crippen LogP contribution in [0.5, 0.6) is 0 Å². The van der Waals surface area contributed by atoms with E-state index in [4.69, 9.17) is 5.73 Å². The second-order valence-electron chi connectivity index (χ2n) is 9.10. The Morgan fingerprint density at radius 2 is 1.86 bits per heavy atom. The third-order valence-corrected chi connectivity index (χ3v) is 10.3. The molecule has 0 atom stereocenters. The summed E-state index contributed by atoms with van der Waals surface area (Å²) in [4.78, 5) is 19.5. The topological polar surface area (TPSA) is 109 Å². The van der Waals surface area contributed by atoms with Gasteiger partial charge in [0, 0.05) is 30.2 Å². The summed E-state index contributed by atoms with van der Waals surface area (Å²) in [6.07, 6.45) is 3.62. The number of benzene rings is 2. The standard InChI is InChI=1S/C26H28N4O3S2/c1-16-26(34-17(2)29-16)35(32,33)30-10-8-19(9-11-30)23-15-28-25-21(14-24(27)31)12-20(13-22(23)25)18-6-4-3-5-7-18/h3-7,12-13,15,19,28H,8-11,14H2,1-2H3,(H2,27,31). The smallest absolute Gasteiger partial charge is 0.254 e. The van der Waals surface area contributed by atoms with E-state index in [1.165, 1.54) is 11.3 Å². The first kappa shape index (κ1) is 23.7. The highest BCUT2D eigenvalue weighted by atomic mass is 32.2. The third-order valence-electron chi connectivity index (χ3n) is 6.70. The van der Waals surface area contributed by atoms with Gasteiger partial charge in [-0.1, -0.05) is 30.3 Å². The van der Waals surface area contributed by atoms with Gasteiger partial charge >= 0.3 is 0 Å². The number of rotatable bonds is 6. The van der Waals surface area contributed by atoms with Crippen molar-refractivity contribution >= 4 is 38.2 Å². The fourth-order valence-corrected chi connectivity index (χ4v) is 8.16. The summed E-state index contributed by atoms with van der Waals surface area (Å²) >= 11 is 1.24. The maximum Gasteiger partial charge on any atom is 0.254 e. The van der Waals surface area contributed by atoms with Crippen molar-refractivity contribution in [1.29, 1.82) is 0 Å². The van der Waals surface area contributed by atoms with Crippen molar-refractivity contribution in [1.82, 2.24) is 14.3 Å². The average Bonchev–Trinajstić information content (AvgIpc) is 3.42. The molecule has 9 heteroatoms. The van der Waals surface area contributed by atoms with Gasteiger partial charge in [-0.05, 0) is 67.0 Å². The number of hydrogen-bond acceptors (Lipinski definition) is 5. The molecule has 7 nitrogen and oxygen atoms in total. The van der Waals surface area contributed by atoms with Crippen LogP contribution >= 0.6 is 11.3 Å². The van der Waals surface area contributed by atoms with Gasteiger partial charge in [-0.15, -0.1) is 11.3 Å². The van der Waals surface area contributed by atoms with Crippen LogP contribution in [0.1, 0.15) is 40.6 Å². The van der Waals surface area contributed by atoms with Crippen molar-refractivity contribution in [2.24, 2.45) is 5.73 Å². The van der Waals surface area contributed by atoms with Crippen LogP contribution in [0.4, 0.5) is 0 Å². The summed E-state index contributed by atoms with van der Waals surface area (Å²) in [5, 5.41) is 1.83. The predicted octanol–water partition coefficient (Wildman–Crippen LogP) is 4.50. The van der Waals surface area contributed by atoms with Crippen LogP contribution in [-0.4, -0.2) is 41.7 Å². The molecule has 182 valence electrons. The normalized spacial score (nSPS) is 15.6. The summed E-state index contributed by atoms with van der Waals surface area (Å²) < 4.78 is 28.4. The van der Waals surface area contributed by atoms with Crippen molar-refractivity contribution in [3.8, 4) is 11.1 Å². The third kappa shape index (κ3) is 4.51. The Kier molecular flexibility index (Phi) is 6.25. The van der Waals surface area contributed by atoms with Crippen LogP contribution in [-0.2, 0) is 21.2 Å². The van der Waals surface area contributed by atoms with Crippen molar-refractivity contribution in [2.75, 3.05) is 13.1 Å². The molecule has 0 radical (unpaired) electrons. The number of fused-ring (bicyclic) bond motifs is 1. The number of nitrogens with one attached hydrogen (secondary N) is 1. The van der Waals surface area contributed by atoms with Gasteiger partial charge in [-0.25, -0.2) is 13.4 Å². The predicted molar refractivity (Wildman–Crippen MR) is 139 cm³/mol. The molecular formula is C26H28N4O3S2. The van der Waals surface area contributed by atoms with E-state index in [9.17, 15) is 13.2 Å². The molecule has 3 heterocycles. The molecule has 2 aromatic heterocycles. The van der Waals surface area contributed by atoms with Gasteiger partial charge in [0.05, 0.1) is 17.1 Å². The minimum absolute atomic E-state index is 0.154. The zero-order valence-electron chi connectivity index (χ0n) is 19.7. The molecule has 4 aromatic rings. The number of sulfonamides is 1.